The van der Waals surface area contributed by atoms with Gasteiger partial charge in [-0.1, -0.05) is 0 Å². The van der Waals surface area contributed by atoms with Crippen molar-refractivity contribution in [1.82, 2.24) is 4.98 Å². The van der Waals surface area contributed by atoms with Crippen molar-refractivity contribution < 1.29 is 9.47 Å². The zero-order valence-electron chi connectivity index (χ0n) is 7.84. The minimum Gasteiger partial charge on any atom is -0.490 e. The number of rotatable bonds is 2. The number of nitrogens with zero attached hydrogens (tertiary/aromatic N) is 1. The molecule has 0 saturated carbocycles. The lowest BCUT2D eigenvalue weighted by molar-refractivity contribution is 0.298. The van der Waals surface area contributed by atoms with Gasteiger partial charge in [-0.2, -0.15) is 0 Å². The molecule has 0 saturated heterocycles. The lowest BCUT2D eigenvalue weighted by atomic mass is 10.3. The first kappa shape index (κ1) is 9.58. The highest BCUT2D eigenvalue weighted by Gasteiger charge is 2.18. The average molecular weight is 259 g/mol. The predicted molar refractivity (Wildman–Crippen MR) is 57.1 cm³/mol. The molecule has 1 N–H and O–H groups in total. The first-order valence-corrected chi connectivity index (χ1v) is 5.30. The number of hydrogen-bond acceptors (Lipinski definition) is 4. The van der Waals surface area contributed by atoms with Crippen molar-refractivity contribution in [3.05, 3.63) is 10.7 Å². The molecular formula is C9H11BrN2O2. The highest BCUT2D eigenvalue weighted by molar-refractivity contribution is 9.10. The van der Waals surface area contributed by atoms with Crippen LogP contribution in [0.2, 0.25) is 0 Å². The van der Waals surface area contributed by atoms with Crippen LogP contribution in [0.5, 0.6) is 11.6 Å². The van der Waals surface area contributed by atoms with Gasteiger partial charge in [0.05, 0.1) is 11.1 Å². The van der Waals surface area contributed by atoms with Gasteiger partial charge in [0, 0.05) is 12.7 Å². The maximum Gasteiger partial charge on any atom is 0.241 e. The third kappa shape index (κ3) is 1.64. The molecule has 0 bridgehead atoms. The molecule has 76 valence electrons. The minimum atomic E-state index is 0.614. The van der Waals surface area contributed by atoms with Crippen molar-refractivity contribution in [2.24, 2.45) is 0 Å². The van der Waals surface area contributed by atoms with Crippen LogP contribution in [-0.2, 0) is 0 Å². The third-order valence-electron chi connectivity index (χ3n) is 1.88. The number of hydrogen-bond donors (Lipinski definition) is 1. The summed E-state index contributed by atoms with van der Waals surface area (Å²) in [6, 6.07) is 0. The van der Waals surface area contributed by atoms with E-state index >= 15 is 0 Å². The standard InChI is InChI=1S/C9H11BrN2O2/c1-2-13-8-6(10)5-12-9-7(8)11-3-4-14-9/h5,11H,2-4H2,1H3. The number of fused-ring (bicyclic) bond motifs is 1. The molecule has 0 unspecified atom stereocenters. The maximum absolute atomic E-state index is 5.51. The molecule has 0 atom stereocenters. The van der Waals surface area contributed by atoms with Gasteiger partial charge < -0.3 is 14.8 Å². The number of nitrogens with one attached hydrogen (secondary N) is 1. The molecule has 1 aromatic heterocycles. The minimum absolute atomic E-state index is 0.614. The van der Waals surface area contributed by atoms with E-state index in [1.807, 2.05) is 6.92 Å². The Labute approximate surface area is 90.7 Å². The van der Waals surface area contributed by atoms with Crippen molar-refractivity contribution in [2.75, 3.05) is 25.1 Å². The van der Waals surface area contributed by atoms with Gasteiger partial charge in [-0.3, -0.25) is 0 Å². The summed E-state index contributed by atoms with van der Waals surface area (Å²) in [7, 11) is 0. The molecule has 14 heavy (non-hydrogen) atoms. The Kier molecular flexibility index (Phi) is 2.77. The van der Waals surface area contributed by atoms with Crippen LogP contribution in [0.4, 0.5) is 5.69 Å². The predicted octanol–water partition coefficient (Wildman–Crippen LogP) is 2.05. The van der Waals surface area contributed by atoms with Crippen molar-refractivity contribution in [3.8, 4) is 11.6 Å². The molecule has 5 heteroatoms. The van der Waals surface area contributed by atoms with Crippen LogP contribution in [0.1, 0.15) is 6.92 Å². The molecule has 0 fully saturated rings. The number of ether oxygens (including phenoxy) is 2. The maximum atomic E-state index is 5.51. The second-order valence-electron chi connectivity index (χ2n) is 2.82. The Morgan fingerprint density at radius 3 is 3.36 bits per heavy atom. The van der Waals surface area contributed by atoms with E-state index < -0.39 is 0 Å². The van der Waals surface area contributed by atoms with E-state index in [0.29, 0.717) is 19.1 Å². The Hall–Kier alpha value is -0.970. The van der Waals surface area contributed by atoms with Gasteiger partial charge in [-0.05, 0) is 22.9 Å². The Bertz CT molecular complexity index is 344. The van der Waals surface area contributed by atoms with E-state index in [0.717, 1.165) is 22.5 Å². The molecule has 0 aliphatic carbocycles. The molecule has 0 amide bonds. The van der Waals surface area contributed by atoms with Crippen LogP contribution in [0.3, 0.4) is 0 Å². The van der Waals surface area contributed by atoms with Crippen LogP contribution in [-0.4, -0.2) is 24.7 Å². The zero-order chi connectivity index (χ0) is 9.97. The van der Waals surface area contributed by atoms with E-state index in [2.05, 4.69) is 26.2 Å². The Balaban J connectivity index is 2.43. The molecule has 2 rings (SSSR count). The lowest BCUT2D eigenvalue weighted by Crippen LogP contribution is -2.19. The fraction of sp³-hybridized carbons (Fsp3) is 0.444. The first-order chi connectivity index (χ1) is 6.83. The van der Waals surface area contributed by atoms with Gasteiger partial charge >= 0.3 is 0 Å². The largest absolute Gasteiger partial charge is 0.490 e. The molecule has 1 aliphatic rings. The number of aromatic nitrogens is 1. The van der Waals surface area contributed by atoms with E-state index in [1.165, 1.54) is 0 Å². The lowest BCUT2D eigenvalue weighted by Gasteiger charge is -2.21. The highest BCUT2D eigenvalue weighted by Crippen LogP contribution is 2.39. The summed E-state index contributed by atoms with van der Waals surface area (Å²) >= 11 is 3.39. The van der Waals surface area contributed by atoms with Crippen molar-refractivity contribution in [2.45, 2.75) is 6.92 Å². The zero-order valence-corrected chi connectivity index (χ0v) is 9.43. The second kappa shape index (κ2) is 4.04. The smallest absolute Gasteiger partial charge is 0.241 e. The number of halogens is 1. The van der Waals surface area contributed by atoms with Gasteiger partial charge in [0.2, 0.25) is 5.88 Å². The van der Waals surface area contributed by atoms with Crippen molar-refractivity contribution in [1.29, 1.82) is 0 Å². The Morgan fingerprint density at radius 1 is 1.71 bits per heavy atom. The Morgan fingerprint density at radius 2 is 2.57 bits per heavy atom. The van der Waals surface area contributed by atoms with Crippen molar-refractivity contribution in [3.63, 3.8) is 0 Å². The topological polar surface area (TPSA) is 43.4 Å². The van der Waals surface area contributed by atoms with E-state index in [9.17, 15) is 0 Å². The summed E-state index contributed by atoms with van der Waals surface area (Å²) in [6.45, 7) is 4.00. The van der Waals surface area contributed by atoms with Crippen molar-refractivity contribution >= 4 is 21.6 Å². The van der Waals surface area contributed by atoms with Gasteiger partial charge in [0.25, 0.3) is 0 Å². The molecule has 0 spiro atoms. The summed E-state index contributed by atoms with van der Waals surface area (Å²) in [4.78, 5) is 4.15. The van der Waals surface area contributed by atoms with Crippen LogP contribution < -0.4 is 14.8 Å². The van der Waals surface area contributed by atoms with Crippen LogP contribution >= 0.6 is 15.9 Å². The summed E-state index contributed by atoms with van der Waals surface area (Å²) in [6.07, 6.45) is 1.69. The summed E-state index contributed by atoms with van der Waals surface area (Å²) in [5, 5.41) is 3.21. The first-order valence-electron chi connectivity index (χ1n) is 4.51. The summed E-state index contributed by atoms with van der Waals surface area (Å²) in [5.74, 6) is 1.39. The monoisotopic (exact) mass is 258 g/mol. The normalized spacial score (nSPS) is 13.9. The third-order valence-corrected chi connectivity index (χ3v) is 2.45. The van der Waals surface area contributed by atoms with E-state index in [4.69, 9.17) is 9.47 Å². The highest BCUT2D eigenvalue weighted by atomic mass is 79.9. The molecule has 4 nitrogen and oxygen atoms in total. The molecule has 1 aromatic rings. The fourth-order valence-electron chi connectivity index (χ4n) is 1.33. The SMILES string of the molecule is CCOc1c(Br)cnc2c1NCCO2. The average Bonchev–Trinajstić information content (AvgIpc) is 2.23. The van der Waals surface area contributed by atoms with E-state index in [-0.39, 0.29) is 0 Å². The molecular weight excluding hydrogens is 248 g/mol. The quantitative estimate of drug-likeness (QED) is 0.882. The van der Waals surface area contributed by atoms with Crippen LogP contribution in [0.25, 0.3) is 0 Å². The van der Waals surface area contributed by atoms with Gasteiger partial charge in [-0.15, -0.1) is 0 Å². The van der Waals surface area contributed by atoms with Gasteiger partial charge in [0.15, 0.2) is 5.75 Å². The van der Waals surface area contributed by atoms with Crippen LogP contribution in [0, 0.1) is 0 Å². The molecule has 2 heterocycles. The molecule has 0 aromatic carbocycles. The summed E-state index contributed by atoms with van der Waals surface area (Å²) < 4.78 is 11.7. The van der Waals surface area contributed by atoms with Crippen LogP contribution in [0.15, 0.2) is 10.7 Å². The van der Waals surface area contributed by atoms with Gasteiger partial charge in [-0.25, -0.2) is 4.98 Å². The molecule has 1 aliphatic heterocycles. The fourth-order valence-corrected chi connectivity index (χ4v) is 1.74. The van der Waals surface area contributed by atoms with E-state index in [1.54, 1.807) is 6.20 Å². The summed E-state index contributed by atoms with van der Waals surface area (Å²) in [5.41, 5.74) is 0.840. The number of anilines is 1. The second-order valence-corrected chi connectivity index (χ2v) is 3.68. The van der Waals surface area contributed by atoms with Gasteiger partial charge in [0.1, 0.15) is 12.3 Å². The molecule has 0 radical (unpaired) electrons. The number of pyridine rings is 1.